The second-order valence-corrected chi connectivity index (χ2v) is 7.75. The molecule has 1 saturated heterocycles. The van der Waals surface area contributed by atoms with Gasteiger partial charge in [-0.15, -0.1) is 0 Å². The lowest BCUT2D eigenvalue weighted by Crippen LogP contribution is -2.47. The Morgan fingerprint density at radius 2 is 2.10 bits per heavy atom. The van der Waals surface area contributed by atoms with E-state index >= 15 is 0 Å². The number of hydrogen-bond donors (Lipinski definition) is 1. The van der Waals surface area contributed by atoms with Gasteiger partial charge in [0.25, 0.3) is 0 Å². The number of sulfonamides is 1. The molecule has 0 spiro atoms. The summed E-state index contributed by atoms with van der Waals surface area (Å²) in [4.78, 5) is 11.1. The maximum atomic E-state index is 12.4. The molecule has 0 aromatic heterocycles. The van der Waals surface area contributed by atoms with Crippen LogP contribution in [-0.2, 0) is 19.6 Å². The van der Waals surface area contributed by atoms with Crippen molar-refractivity contribution < 1.29 is 23.1 Å². The molecule has 1 N–H and O–H groups in total. The van der Waals surface area contributed by atoms with Crippen molar-refractivity contribution in [3.63, 3.8) is 0 Å². The maximum absolute atomic E-state index is 12.4. The van der Waals surface area contributed by atoms with Crippen molar-refractivity contribution in [1.82, 2.24) is 4.31 Å². The Hall–Kier alpha value is -0.660. The van der Waals surface area contributed by atoms with Crippen LogP contribution in [0.1, 0.15) is 27.2 Å². The predicted octanol–water partition coefficient (Wildman–Crippen LogP) is 1.03. The number of nitrogens with zero attached hydrogens (tertiary/aromatic N) is 1. The second-order valence-electron chi connectivity index (χ2n) is 5.74. The highest BCUT2D eigenvalue weighted by Crippen LogP contribution is 2.24. The summed E-state index contributed by atoms with van der Waals surface area (Å²) in [5.41, 5.74) is 0. The molecule has 1 aliphatic heterocycles. The van der Waals surface area contributed by atoms with Crippen LogP contribution >= 0.6 is 0 Å². The van der Waals surface area contributed by atoms with Crippen LogP contribution in [0.4, 0.5) is 0 Å². The monoisotopic (exact) mass is 307 g/mol. The first kappa shape index (κ1) is 17.4. The van der Waals surface area contributed by atoms with Crippen LogP contribution in [0, 0.1) is 17.8 Å². The Morgan fingerprint density at radius 1 is 1.45 bits per heavy atom. The Balaban J connectivity index is 2.68. The Morgan fingerprint density at radius 3 is 2.65 bits per heavy atom. The molecule has 6 nitrogen and oxygen atoms in total. The quantitative estimate of drug-likeness (QED) is 0.759. The van der Waals surface area contributed by atoms with Gasteiger partial charge in [-0.1, -0.05) is 13.8 Å². The lowest BCUT2D eigenvalue weighted by Gasteiger charge is -2.34. The van der Waals surface area contributed by atoms with Gasteiger partial charge in [-0.2, -0.15) is 0 Å². The van der Waals surface area contributed by atoms with E-state index in [0.717, 1.165) is 0 Å². The Kier molecular flexibility index (Phi) is 6.42. The van der Waals surface area contributed by atoms with Crippen LogP contribution in [0.3, 0.4) is 0 Å². The predicted molar refractivity (Wildman–Crippen MR) is 75.9 cm³/mol. The van der Waals surface area contributed by atoms with Crippen molar-refractivity contribution >= 4 is 16.0 Å². The molecule has 0 radical (unpaired) electrons. The first-order valence-electron chi connectivity index (χ1n) is 7.04. The van der Waals surface area contributed by atoms with E-state index in [-0.39, 0.29) is 24.1 Å². The van der Waals surface area contributed by atoms with Gasteiger partial charge in [0, 0.05) is 19.7 Å². The molecule has 0 saturated carbocycles. The van der Waals surface area contributed by atoms with E-state index in [0.29, 0.717) is 26.2 Å². The number of piperidine rings is 1. The summed E-state index contributed by atoms with van der Waals surface area (Å²) in [5, 5.41) is 9.10. The minimum atomic E-state index is -3.42. The van der Waals surface area contributed by atoms with Crippen molar-refractivity contribution in [1.29, 1.82) is 0 Å². The van der Waals surface area contributed by atoms with E-state index in [1.807, 2.05) is 20.8 Å². The van der Waals surface area contributed by atoms with E-state index in [1.54, 1.807) is 0 Å². The fourth-order valence-electron chi connectivity index (χ4n) is 2.54. The van der Waals surface area contributed by atoms with Gasteiger partial charge in [-0.3, -0.25) is 4.79 Å². The minimum absolute atomic E-state index is 0.00601. The molecule has 118 valence electrons. The molecule has 3 unspecified atom stereocenters. The van der Waals surface area contributed by atoms with Gasteiger partial charge in [0.1, 0.15) is 0 Å². The third-order valence-electron chi connectivity index (χ3n) is 3.47. The summed E-state index contributed by atoms with van der Waals surface area (Å²) in [6.07, 6.45) is 0.538. The van der Waals surface area contributed by atoms with E-state index < -0.39 is 21.9 Å². The molecule has 0 bridgehead atoms. The number of hydrogen-bond acceptors (Lipinski definition) is 4. The summed E-state index contributed by atoms with van der Waals surface area (Å²) in [6, 6.07) is 0. The molecule has 20 heavy (non-hydrogen) atoms. The van der Waals surface area contributed by atoms with E-state index in [2.05, 4.69) is 0 Å². The maximum Gasteiger partial charge on any atom is 0.307 e. The molecule has 0 aromatic rings. The number of carboxylic acid groups (broad SMARTS) is 1. The van der Waals surface area contributed by atoms with Crippen LogP contribution < -0.4 is 0 Å². The van der Waals surface area contributed by atoms with Crippen LogP contribution in [0.5, 0.6) is 0 Å². The average Bonchev–Trinajstić information content (AvgIpc) is 2.35. The van der Waals surface area contributed by atoms with Crippen LogP contribution in [-0.4, -0.2) is 55.9 Å². The van der Waals surface area contributed by atoms with Gasteiger partial charge in [-0.05, 0) is 25.2 Å². The van der Waals surface area contributed by atoms with Crippen LogP contribution in [0.25, 0.3) is 0 Å². The first-order chi connectivity index (χ1) is 9.26. The summed E-state index contributed by atoms with van der Waals surface area (Å²) >= 11 is 0. The third kappa shape index (κ3) is 5.03. The van der Waals surface area contributed by atoms with Crippen molar-refractivity contribution in [3.05, 3.63) is 0 Å². The van der Waals surface area contributed by atoms with E-state index in [4.69, 9.17) is 9.84 Å². The molecule has 0 amide bonds. The van der Waals surface area contributed by atoms with Crippen molar-refractivity contribution in [2.24, 2.45) is 17.8 Å². The minimum Gasteiger partial charge on any atom is -0.481 e. The Bertz CT molecular complexity index is 422. The first-order valence-corrected chi connectivity index (χ1v) is 8.65. The molecule has 0 aromatic carbocycles. The van der Waals surface area contributed by atoms with Gasteiger partial charge in [0.15, 0.2) is 0 Å². The van der Waals surface area contributed by atoms with Gasteiger partial charge >= 0.3 is 5.97 Å². The number of ether oxygens (including phenoxy) is 1. The zero-order valence-electron chi connectivity index (χ0n) is 12.4. The van der Waals surface area contributed by atoms with Crippen molar-refractivity contribution in [3.8, 4) is 0 Å². The van der Waals surface area contributed by atoms with Crippen LogP contribution in [0.15, 0.2) is 0 Å². The third-order valence-corrected chi connectivity index (χ3v) is 5.55. The number of carboxylic acids is 1. The molecule has 1 fully saturated rings. The Labute approximate surface area is 121 Å². The summed E-state index contributed by atoms with van der Waals surface area (Å²) in [6.45, 7) is 7.05. The highest BCUT2D eigenvalue weighted by molar-refractivity contribution is 7.89. The standard InChI is InChI=1S/C13H25NO5S/c1-4-19-8-11(3)9-20(17,18)14-6-10(2)5-12(7-14)13(15)16/h10-12H,4-9H2,1-3H3,(H,15,16). The van der Waals surface area contributed by atoms with Crippen molar-refractivity contribution in [2.45, 2.75) is 27.2 Å². The van der Waals surface area contributed by atoms with E-state index in [9.17, 15) is 13.2 Å². The number of carbonyl (C=O) groups is 1. The zero-order valence-corrected chi connectivity index (χ0v) is 13.2. The molecule has 1 rings (SSSR count). The molecule has 3 atom stereocenters. The molecule has 1 heterocycles. The van der Waals surface area contributed by atoms with E-state index in [1.165, 1.54) is 4.31 Å². The molecule has 1 aliphatic rings. The highest BCUT2D eigenvalue weighted by atomic mass is 32.2. The lowest BCUT2D eigenvalue weighted by atomic mass is 9.92. The largest absolute Gasteiger partial charge is 0.481 e. The SMILES string of the molecule is CCOCC(C)CS(=O)(=O)N1CC(C)CC(C(=O)O)C1. The summed E-state index contributed by atoms with van der Waals surface area (Å²) < 4.78 is 31.3. The number of rotatable bonds is 7. The summed E-state index contributed by atoms with van der Waals surface area (Å²) in [5.74, 6) is -1.54. The topological polar surface area (TPSA) is 83.9 Å². The average molecular weight is 307 g/mol. The van der Waals surface area contributed by atoms with Gasteiger partial charge < -0.3 is 9.84 Å². The highest BCUT2D eigenvalue weighted by Gasteiger charge is 2.35. The van der Waals surface area contributed by atoms with Crippen LogP contribution in [0.2, 0.25) is 0 Å². The number of aliphatic carboxylic acids is 1. The zero-order chi connectivity index (χ0) is 15.3. The normalized spacial score (nSPS) is 26.4. The molecule has 0 aliphatic carbocycles. The lowest BCUT2D eigenvalue weighted by molar-refractivity contribution is -0.143. The molecular weight excluding hydrogens is 282 g/mol. The molecule has 7 heteroatoms. The fraction of sp³-hybridized carbons (Fsp3) is 0.923. The molecular formula is C13H25NO5S. The fourth-order valence-corrected chi connectivity index (χ4v) is 4.46. The second kappa shape index (κ2) is 7.38. The van der Waals surface area contributed by atoms with Gasteiger partial charge in [0.05, 0.1) is 18.3 Å². The van der Waals surface area contributed by atoms with Gasteiger partial charge in [0.2, 0.25) is 10.0 Å². The van der Waals surface area contributed by atoms with Gasteiger partial charge in [-0.25, -0.2) is 12.7 Å². The summed E-state index contributed by atoms with van der Waals surface area (Å²) in [7, 11) is -3.42. The van der Waals surface area contributed by atoms with Crippen molar-refractivity contribution in [2.75, 3.05) is 32.1 Å². The smallest absolute Gasteiger partial charge is 0.307 e.